The summed E-state index contributed by atoms with van der Waals surface area (Å²) in [6.45, 7) is 0. The molecular weight excluding hydrogens is 334 g/mol. The van der Waals surface area contributed by atoms with Crippen molar-refractivity contribution in [1.29, 1.82) is 0 Å². The Morgan fingerprint density at radius 1 is 1.08 bits per heavy atom. The molecule has 2 heterocycles. The first kappa shape index (κ1) is 15.7. The first-order chi connectivity index (χ1) is 12.1. The van der Waals surface area contributed by atoms with Gasteiger partial charge in [0.2, 0.25) is 0 Å². The summed E-state index contributed by atoms with van der Waals surface area (Å²) < 4.78 is 0. The van der Waals surface area contributed by atoms with Crippen molar-refractivity contribution >= 4 is 22.9 Å². The van der Waals surface area contributed by atoms with Crippen molar-refractivity contribution in [3.8, 4) is 11.5 Å². The fourth-order valence-electron chi connectivity index (χ4n) is 3.38. The zero-order valence-corrected chi connectivity index (χ0v) is 14.2. The molecule has 1 amide bonds. The van der Waals surface area contributed by atoms with E-state index in [1.165, 1.54) is 18.2 Å². The van der Waals surface area contributed by atoms with Crippen LogP contribution in [0.1, 0.15) is 33.3 Å². The van der Waals surface area contributed by atoms with E-state index >= 15 is 0 Å². The predicted molar refractivity (Wildman–Crippen MR) is 98.4 cm³/mol. The van der Waals surface area contributed by atoms with Gasteiger partial charge in [-0.05, 0) is 48.1 Å². The van der Waals surface area contributed by atoms with Gasteiger partial charge in [-0.3, -0.25) is 9.69 Å². The Labute approximate surface area is 149 Å². The summed E-state index contributed by atoms with van der Waals surface area (Å²) in [7, 11) is 0. The first-order valence-electron chi connectivity index (χ1n) is 8.12. The summed E-state index contributed by atoms with van der Waals surface area (Å²) in [6.07, 6.45) is 1.74. The van der Waals surface area contributed by atoms with E-state index < -0.39 is 0 Å². The Hall–Kier alpha value is -2.79. The average molecular weight is 351 g/mol. The molecule has 1 unspecified atom stereocenters. The van der Waals surface area contributed by atoms with Gasteiger partial charge in [0, 0.05) is 16.6 Å². The van der Waals surface area contributed by atoms with Gasteiger partial charge in [0.25, 0.3) is 5.91 Å². The lowest BCUT2D eigenvalue weighted by Gasteiger charge is -2.37. The third kappa shape index (κ3) is 2.76. The van der Waals surface area contributed by atoms with E-state index in [1.807, 2.05) is 41.8 Å². The number of phenols is 2. The molecule has 1 atom stereocenters. The number of para-hydroxylation sites is 1. The molecule has 2 aromatic carbocycles. The second-order valence-corrected chi connectivity index (χ2v) is 7.05. The van der Waals surface area contributed by atoms with E-state index in [0.29, 0.717) is 0 Å². The van der Waals surface area contributed by atoms with Crippen molar-refractivity contribution in [2.75, 3.05) is 4.90 Å². The largest absolute Gasteiger partial charge is 0.508 e. The van der Waals surface area contributed by atoms with Crippen molar-refractivity contribution in [1.82, 2.24) is 0 Å². The van der Waals surface area contributed by atoms with E-state index in [-0.39, 0.29) is 29.0 Å². The number of anilines is 1. The van der Waals surface area contributed by atoms with E-state index in [9.17, 15) is 15.0 Å². The number of hydrogen-bond donors (Lipinski definition) is 2. The highest BCUT2D eigenvalue weighted by atomic mass is 32.1. The number of nitrogens with zero attached hydrogens (tertiary/aromatic N) is 1. The summed E-state index contributed by atoms with van der Waals surface area (Å²) in [4.78, 5) is 16.2. The number of fused-ring (bicyclic) bond motifs is 1. The summed E-state index contributed by atoms with van der Waals surface area (Å²) in [5.74, 6) is -0.538. The van der Waals surface area contributed by atoms with Crippen LogP contribution in [-0.2, 0) is 6.42 Å². The Balaban J connectivity index is 1.83. The molecule has 1 aromatic heterocycles. The molecule has 1 aliphatic rings. The third-order valence-corrected chi connectivity index (χ3v) is 5.53. The van der Waals surface area contributed by atoms with E-state index in [1.54, 1.807) is 16.2 Å². The van der Waals surface area contributed by atoms with Gasteiger partial charge in [-0.1, -0.05) is 24.3 Å². The zero-order valence-electron chi connectivity index (χ0n) is 13.4. The van der Waals surface area contributed by atoms with E-state index in [4.69, 9.17) is 0 Å². The molecule has 2 N–H and O–H groups in total. The molecule has 0 saturated heterocycles. The average Bonchev–Trinajstić information content (AvgIpc) is 3.14. The van der Waals surface area contributed by atoms with Crippen molar-refractivity contribution in [3.63, 3.8) is 0 Å². The highest BCUT2D eigenvalue weighted by Crippen LogP contribution is 2.41. The van der Waals surface area contributed by atoms with Crippen LogP contribution in [0.5, 0.6) is 11.5 Å². The molecule has 0 spiro atoms. The smallest absolute Gasteiger partial charge is 0.262 e. The normalized spacial score (nSPS) is 16.5. The maximum absolute atomic E-state index is 13.3. The Bertz CT molecular complexity index is 920. The van der Waals surface area contributed by atoms with Gasteiger partial charge in [0.15, 0.2) is 0 Å². The van der Waals surface area contributed by atoms with Gasteiger partial charge < -0.3 is 10.2 Å². The topological polar surface area (TPSA) is 60.8 Å². The predicted octanol–water partition coefficient (Wildman–Crippen LogP) is 4.49. The second kappa shape index (κ2) is 6.26. The molecule has 0 aliphatic carbocycles. The van der Waals surface area contributed by atoms with Gasteiger partial charge in [0.05, 0.1) is 11.6 Å². The lowest BCUT2D eigenvalue weighted by molar-refractivity contribution is 0.0970. The number of benzene rings is 2. The number of carbonyl (C=O) groups is 1. The van der Waals surface area contributed by atoms with Crippen LogP contribution >= 0.6 is 11.3 Å². The molecule has 4 nitrogen and oxygen atoms in total. The summed E-state index contributed by atoms with van der Waals surface area (Å²) in [5, 5.41) is 21.7. The molecule has 0 saturated carbocycles. The van der Waals surface area contributed by atoms with Crippen LogP contribution in [0.15, 0.2) is 60.0 Å². The minimum Gasteiger partial charge on any atom is -0.508 e. The monoisotopic (exact) mass is 351 g/mol. The molecule has 126 valence electrons. The second-order valence-electron chi connectivity index (χ2n) is 6.08. The molecular formula is C20H17NO3S. The number of phenolic OH excluding ortho intramolecular Hbond substituents is 2. The number of amides is 1. The molecule has 5 heteroatoms. The number of aryl methyl sites for hydroxylation is 1. The van der Waals surface area contributed by atoms with Crippen molar-refractivity contribution in [2.24, 2.45) is 0 Å². The van der Waals surface area contributed by atoms with Gasteiger partial charge in [-0.2, -0.15) is 0 Å². The van der Waals surface area contributed by atoms with Crippen LogP contribution in [0.25, 0.3) is 0 Å². The molecule has 4 rings (SSSR count). The van der Waals surface area contributed by atoms with Crippen LogP contribution in [0, 0.1) is 0 Å². The Morgan fingerprint density at radius 3 is 2.68 bits per heavy atom. The summed E-state index contributed by atoms with van der Waals surface area (Å²) >= 11 is 1.63. The number of rotatable bonds is 2. The fourth-order valence-corrected chi connectivity index (χ4v) is 4.23. The number of aromatic hydroxyl groups is 2. The standard InChI is InChI=1S/C20H17NO3S/c22-14-8-9-15(18(23)12-14)20(24)21-16-5-2-1-4-13(16)7-10-17(21)19-6-3-11-25-19/h1-6,8-9,11-12,17,22-23H,7,10H2. The minimum atomic E-state index is -0.261. The van der Waals surface area contributed by atoms with Gasteiger partial charge in [0.1, 0.15) is 11.5 Å². The number of carbonyl (C=O) groups excluding carboxylic acids is 1. The Morgan fingerprint density at radius 2 is 1.92 bits per heavy atom. The van der Waals surface area contributed by atoms with E-state index in [2.05, 4.69) is 0 Å². The molecule has 0 fully saturated rings. The molecule has 1 aliphatic heterocycles. The summed E-state index contributed by atoms with van der Waals surface area (Å²) in [5.41, 5.74) is 2.20. The third-order valence-electron chi connectivity index (χ3n) is 4.55. The lowest BCUT2D eigenvalue weighted by Crippen LogP contribution is -2.38. The van der Waals surface area contributed by atoms with Crippen LogP contribution < -0.4 is 4.90 Å². The first-order valence-corrected chi connectivity index (χ1v) is 9.00. The van der Waals surface area contributed by atoms with Crippen LogP contribution in [-0.4, -0.2) is 16.1 Å². The van der Waals surface area contributed by atoms with Gasteiger partial charge in [-0.15, -0.1) is 11.3 Å². The maximum Gasteiger partial charge on any atom is 0.262 e. The quantitative estimate of drug-likeness (QED) is 0.715. The molecule has 3 aromatic rings. The van der Waals surface area contributed by atoms with Gasteiger partial charge >= 0.3 is 0 Å². The van der Waals surface area contributed by atoms with Gasteiger partial charge in [-0.25, -0.2) is 0 Å². The van der Waals surface area contributed by atoms with Crippen LogP contribution in [0.4, 0.5) is 5.69 Å². The highest BCUT2D eigenvalue weighted by molar-refractivity contribution is 7.10. The van der Waals surface area contributed by atoms with Crippen LogP contribution in [0.2, 0.25) is 0 Å². The number of hydrogen-bond acceptors (Lipinski definition) is 4. The highest BCUT2D eigenvalue weighted by Gasteiger charge is 2.34. The number of thiophene rings is 1. The fraction of sp³-hybridized carbons (Fsp3) is 0.150. The zero-order chi connectivity index (χ0) is 17.4. The van der Waals surface area contributed by atoms with Crippen molar-refractivity contribution in [3.05, 3.63) is 76.0 Å². The SMILES string of the molecule is O=C(c1ccc(O)cc1O)N1c2ccccc2CCC1c1cccs1. The molecule has 0 radical (unpaired) electrons. The van der Waals surface area contributed by atoms with Crippen molar-refractivity contribution < 1.29 is 15.0 Å². The summed E-state index contributed by atoms with van der Waals surface area (Å²) in [6, 6.07) is 15.9. The molecule has 0 bridgehead atoms. The van der Waals surface area contributed by atoms with Crippen LogP contribution in [0.3, 0.4) is 0 Å². The molecule has 25 heavy (non-hydrogen) atoms. The minimum absolute atomic E-state index is 0.0596. The maximum atomic E-state index is 13.3. The lowest BCUT2D eigenvalue weighted by atomic mass is 9.93. The van der Waals surface area contributed by atoms with E-state index in [0.717, 1.165) is 29.0 Å². The van der Waals surface area contributed by atoms with Crippen molar-refractivity contribution in [2.45, 2.75) is 18.9 Å². The Kier molecular flexibility index (Phi) is 3.93.